The van der Waals surface area contributed by atoms with E-state index in [1.54, 1.807) is 4.90 Å². The number of hydrogen-bond acceptors (Lipinski definition) is 2. The van der Waals surface area contributed by atoms with E-state index >= 15 is 0 Å². The maximum Gasteiger partial charge on any atom is 0.315 e. The molecule has 0 saturated carbocycles. The van der Waals surface area contributed by atoms with Crippen LogP contribution in [0.15, 0.2) is 0 Å². The molecule has 64 valence electrons. The maximum atomic E-state index is 10.8. The van der Waals surface area contributed by atoms with Gasteiger partial charge in [0.1, 0.15) is 0 Å². The van der Waals surface area contributed by atoms with Crippen molar-refractivity contribution in [3.8, 4) is 0 Å². The Labute approximate surface area is 66.0 Å². The van der Waals surface area contributed by atoms with Crippen LogP contribution in [0.5, 0.6) is 0 Å². The maximum absolute atomic E-state index is 10.8. The molecule has 4 heteroatoms. The van der Waals surface area contributed by atoms with Gasteiger partial charge in [-0.2, -0.15) is 0 Å². The first kappa shape index (κ1) is 8.33. The molecule has 11 heavy (non-hydrogen) atoms. The molecule has 0 bridgehead atoms. The first-order valence-corrected chi connectivity index (χ1v) is 3.92. The van der Waals surface area contributed by atoms with E-state index in [1.165, 1.54) is 0 Å². The van der Waals surface area contributed by atoms with Crippen LogP contribution in [-0.2, 0) is 0 Å². The molecule has 0 aromatic rings. The molecule has 0 aromatic carbocycles. The fourth-order valence-corrected chi connectivity index (χ4v) is 1.58. The second-order valence-corrected chi connectivity index (χ2v) is 2.84. The highest BCUT2D eigenvalue weighted by atomic mass is 16.3. The number of rotatable bonds is 2. The molecule has 1 saturated heterocycles. The van der Waals surface area contributed by atoms with E-state index < -0.39 is 0 Å². The van der Waals surface area contributed by atoms with Crippen LogP contribution in [0.4, 0.5) is 4.79 Å². The Morgan fingerprint density at radius 2 is 2.45 bits per heavy atom. The molecule has 0 aromatic heterocycles. The fraction of sp³-hybridized carbons (Fsp3) is 0.857. The van der Waals surface area contributed by atoms with Gasteiger partial charge >= 0.3 is 6.03 Å². The Balaban J connectivity index is 2.44. The SMILES string of the molecule is NC(=O)N1CCCC1CCO. The van der Waals surface area contributed by atoms with Crippen molar-refractivity contribution in [2.45, 2.75) is 25.3 Å². The Morgan fingerprint density at radius 3 is 3.00 bits per heavy atom. The van der Waals surface area contributed by atoms with Crippen molar-refractivity contribution < 1.29 is 9.90 Å². The molecule has 0 spiro atoms. The third-order valence-electron chi connectivity index (χ3n) is 2.12. The number of urea groups is 1. The predicted molar refractivity (Wildman–Crippen MR) is 41.0 cm³/mol. The zero-order valence-electron chi connectivity index (χ0n) is 6.49. The summed E-state index contributed by atoms with van der Waals surface area (Å²) in [5, 5.41) is 8.65. The van der Waals surface area contributed by atoms with Gasteiger partial charge in [-0.1, -0.05) is 0 Å². The molecule has 1 atom stereocenters. The van der Waals surface area contributed by atoms with E-state index in [4.69, 9.17) is 10.8 Å². The first-order valence-electron chi connectivity index (χ1n) is 3.92. The monoisotopic (exact) mass is 158 g/mol. The highest BCUT2D eigenvalue weighted by Crippen LogP contribution is 2.18. The number of hydrogen-bond donors (Lipinski definition) is 2. The van der Waals surface area contributed by atoms with Crippen LogP contribution in [0, 0.1) is 0 Å². The lowest BCUT2D eigenvalue weighted by Gasteiger charge is -2.21. The molecule has 2 amide bonds. The summed E-state index contributed by atoms with van der Waals surface area (Å²) in [6, 6.07) is -0.182. The van der Waals surface area contributed by atoms with Crippen LogP contribution in [0.2, 0.25) is 0 Å². The van der Waals surface area contributed by atoms with E-state index in [-0.39, 0.29) is 18.7 Å². The smallest absolute Gasteiger partial charge is 0.315 e. The lowest BCUT2D eigenvalue weighted by molar-refractivity contribution is 0.185. The van der Waals surface area contributed by atoms with Crippen molar-refractivity contribution in [2.24, 2.45) is 5.73 Å². The minimum Gasteiger partial charge on any atom is -0.396 e. The van der Waals surface area contributed by atoms with E-state index in [1.807, 2.05) is 0 Å². The van der Waals surface area contributed by atoms with Gasteiger partial charge in [-0.05, 0) is 19.3 Å². The van der Waals surface area contributed by atoms with Gasteiger partial charge in [-0.25, -0.2) is 4.79 Å². The molecular formula is C7H14N2O2. The molecule has 1 fully saturated rings. The fourth-order valence-electron chi connectivity index (χ4n) is 1.58. The highest BCUT2D eigenvalue weighted by molar-refractivity contribution is 5.72. The van der Waals surface area contributed by atoms with Crippen LogP contribution < -0.4 is 5.73 Å². The standard InChI is InChI=1S/C7H14N2O2/c8-7(11)9-4-1-2-6(9)3-5-10/h6,10H,1-5H2,(H2,8,11). The largest absolute Gasteiger partial charge is 0.396 e. The Bertz CT molecular complexity index is 149. The van der Waals surface area contributed by atoms with Crippen molar-refractivity contribution in [1.82, 2.24) is 4.90 Å². The third kappa shape index (κ3) is 1.83. The summed E-state index contributed by atoms with van der Waals surface area (Å²) in [6.45, 7) is 0.883. The number of carbonyl (C=O) groups is 1. The molecule has 1 rings (SSSR count). The van der Waals surface area contributed by atoms with Crippen LogP contribution in [0.25, 0.3) is 0 Å². The average molecular weight is 158 g/mol. The molecule has 0 aliphatic carbocycles. The van der Waals surface area contributed by atoms with E-state index in [2.05, 4.69) is 0 Å². The number of aliphatic hydroxyl groups excluding tert-OH is 1. The van der Waals surface area contributed by atoms with Crippen LogP contribution in [0.3, 0.4) is 0 Å². The summed E-state index contributed by atoms with van der Waals surface area (Å²) in [6.07, 6.45) is 2.64. The number of likely N-dealkylation sites (tertiary alicyclic amines) is 1. The van der Waals surface area contributed by atoms with Gasteiger partial charge in [0.25, 0.3) is 0 Å². The summed E-state index contributed by atoms with van der Waals surface area (Å²) in [5.74, 6) is 0. The summed E-state index contributed by atoms with van der Waals surface area (Å²) < 4.78 is 0. The van der Waals surface area contributed by atoms with Crippen molar-refractivity contribution in [3.05, 3.63) is 0 Å². The summed E-state index contributed by atoms with van der Waals surface area (Å²) in [4.78, 5) is 12.4. The minimum absolute atomic E-state index is 0.133. The predicted octanol–water partition coefficient (Wildman–Crippen LogP) is -0.0881. The molecule has 1 unspecified atom stereocenters. The molecule has 0 radical (unpaired) electrons. The molecule has 3 N–H and O–H groups in total. The lowest BCUT2D eigenvalue weighted by Crippen LogP contribution is -2.39. The van der Waals surface area contributed by atoms with Crippen LogP contribution >= 0.6 is 0 Å². The molecular weight excluding hydrogens is 144 g/mol. The van der Waals surface area contributed by atoms with Gasteiger partial charge in [0, 0.05) is 19.2 Å². The quantitative estimate of drug-likeness (QED) is 0.590. The normalized spacial score (nSPS) is 24.1. The third-order valence-corrected chi connectivity index (χ3v) is 2.12. The van der Waals surface area contributed by atoms with Crippen molar-refractivity contribution in [1.29, 1.82) is 0 Å². The van der Waals surface area contributed by atoms with Crippen LogP contribution in [0.1, 0.15) is 19.3 Å². The van der Waals surface area contributed by atoms with Crippen molar-refractivity contribution in [2.75, 3.05) is 13.2 Å². The second kappa shape index (κ2) is 3.57. The molecule has 1 aliphatic heterocycles. The number of nitrogens with two attached hydrogens (primary N) is 1. The van der Waals surface area contributed by atoms with Gasteiger partial charge < -0.3 is 15.7 Å². The summed E-state index contributed by atoms with van der Waals surface area (Å²) >= 11 is 0. The van der Waals surface area contributed by atoms with E-state index in [0.29, 0.717) is 6.42 Å². The van der Waals surface area contributed by atoms with Gasteiger partial charge in [-0.3, -0.25) is 0 Å². The van der Waals surface area contributed by atoms with Gasteiger partial charge in [-0.15, -0.1) is 0 Å². The zero-order chi connectivity index (χ0) is 8.27. The molecule has 4 nitrogen and oxygen atoms in total. The molecule has 1 aliphatic rings. The van der Waals surface area contributed by atoms with Crippen LogP contribution in [-0.4, -0.2) is 35.2 Å². The summed E-state index contributed by atoms with van der Waals surface area (Å²) in [5.41, 5.74) is 5.12. The second-order valence-electron chi connectivity index (χ2n) is 2.84. The topological polar surface area (TPSA) is 66.6 Å². The first-order chi connectivity index (χ1) is 5.25. The van der Waals surface area contributed by atoms with Gasteiger partial charge in [0.2, 0.25) is 0 Å². The number of amides is 2. The Morgan fingerprint density at radius 1 is 1.73 bits per heavy atom. The van der Waals surface area contributed by atoms with Gasteiger partial charge in [0.15, 0.2) is 0 Å². The number of primary amides is 1. The van der Waals surface area contributed by atoms with E-state index in [0.717, 1.165) is 19.4 Å². The van der Waals surface area contributed by atoms with Crippen molar-refractivity contribution >= 4 is 6.03 Å². The molecule has 1 heterocycles. The van der Waals surface area contributed by atoms with E-state index in [9.17, 15) is 4.79 Å². The zero-order valence-corrected chi connectivity index (χ0v) is 6.49. The minimum atomic E-state index is -0.360. The summed E-state index contributed by atoms with van der Waals surface area (Å²) in [7, 11) is 0. The lowest BCUT2D eigenvalue weighted by atomic mass is 10.1. The van der Waals surface area contributed by atoms with Gasteiger partial charge in [0.05, 0.1) is 0 Å². The number of aliphatic hydroxyl groups is 1. The highest BCUT2D eigenvalue weighted by Gasteiger charge is 2.25. The Kier molecular flexibility index (Phi) is 2.70. The number of nitrogens with zero attached hydrogens (tertiary/aromatic N) is 1. The Hall–Kier alpha value is -0.770. The average Bonchev–Trinajstić information content (AvgIpc) is 2.36. The number of carbonyl (C=O) groups excluding carboxylic acids is 1. The van der Waals surface area contributed by atoms with Crippen molar-refractivity contribution in [3.63, 3.8) is 0 Å².